The normalized spacial score (nSPS) is 10.4. The third kappa shape index (κ3) is 2.25. The zero-order valence-electron chi connectivity index (χ0n) is 9.08. The van der Waals surface area contributed by atoms with Gasteiger partial charge in [-0.25, -0.2) is 14.6 Å². The summed E-state index contributed by atoms with van der Waals surface area (Å²) in [6, 6.07) is 3.22. The lowest BCUT2D eigenvalue weighted by Crippen LogP contribution is -2.21. The van der Waals surface area contributed by atoms with Crippen LogP contribution in [0.4, 0.5) is 0 Å². The van der Waals surface area contributed by atoms with Crippen LogP contribution in [0.3, 0.4) is 0 Å². The molecule has 6 nitrogen and oxygen atoms in total. The van der Waals surface area contributed by atoms with E-state index in [0.717, 1.165) is 0 Å². The molecule has 0 saturated heterocycles. The summed E-state index contributed by atoms with van der Waals surface area (Å²) in [5.74, 6) is -0.806. The second-order valence-corrected chi connectivity index (χ2v) is 3.56. The number of rotatable bonds is 3. The van der Waals surface area contributed by atoms with Gasteiger partial charge < -0.3 is 9.52 Å². The van der Waals surface area contributed by atoms with Crippen LogP contribution in [-0.4, -0.2) is 20.6 Å². The molecule has 0 aromatic carbocycles. The number of carboxylic acid groups (broad SMARTS) is 1. The van der Waals surface area contributed by atoms with E-state index in [1.165, 1.54) is 10.8 Å². The highest BCUT2D eigenvalue weighted by Gasteiger charge is 2.14. The molecule has 0 aliphatic carbocycles. The first-order valence-electron chi connectivity index (χ1n) is 4.92. The fourth-order valence-electron chi connectivity index (χ4n) is 1.51. The zero-order valence-corrected chi connectivity index (χ0v) is 9.08. The molecular formula is C11H10N2O4. The predicted octanol–water partition coefficient (Wildman–Crippen LogP) is 0.891. The Morgan fingerprint density at radius 2 is 2.35 bits per heavy atom. The monoisotopic (exact) mass is 234 g/mol. The third-order valence-corrected chi connectivity index (χ3v) is 2.27. The van der Waals surface area contributed by atoms with Crippen molar-refractivity contribution in [1.29, 1.82) is 0 Å². The van der Waals surface area contributed by atoms with E-state index in [1.54, 1.807) is 25.3 Å². The van der Waals surface area contributed by atoms with Gasteiger partial charge in [-0.1, -0.05) is 0 Å². The number of aromatic nitrogens is 2. The lowest BCUT2D eigenvalue weighted by atomic mass is 10.2. The summed E-state index contributed by atoms with van der Waals surface area (Å²) in [6.45, 7) is 1.81. The lowest BCUT2D eigenvalue weighted by molar-refractivity contribution is 0.0659. The maximum Gasteiger partial charge on any atom is 0.372 e. The van der Waals surface area contributed by atoms with Crippen LogP contribution in [0.15, 0.2) is 33.7 Å². The molecule has 2 aromatic heterocycles. The molecule has 88 valence electrons. The van der Waals surface area contributed by atoms with E-state index in [1.807, 2.05) is 0 Å². The molecule has 0 atom stereocenters. The van der Waals surface area contributed by atoms with Crippen molar-refractivity contribution >= 4 is 5.97 Å². The molecule has 1 N–H and O–H groups in total. The van der Waals surface area contributed by atoms with Gasteiger partial charge in [0.1, 0.15) is 5.76 Å². The molecule has 2 rings (SSSR count). The standard InChI is InChI=1S/C11H10N2O4/c1-7-5-8(17-9(7)10(14)15)6-13-4-2-3-12-11(13)16/h2-5H,6H2,1H3,(H,14,15). The highest BCUT2D eigenvalue weighted by Crippen LogP contribution is 2.15. The molecule has 0 radical (unpaired) electrons. The quantitative estimate of drug-likeness (QED) is 0.852. The summed E-state index contributed by atoms with van der Waals surface area (Å²) in [7, 11) is 0. The minimum atomic E-state index is -1.12. The average Bonchev–Trinajstić information content (AvgIpc) is 2.63. The maximum atomic E-state index is 11.3. The van der Waals surface area contributed by atoms with Gasteiger partial charge in [0.15, 0.2) is 0 Å². The van der Waals surface area contributed by atoms with Crippen molar-refractivity contribution in [3.05, 3.63) is 52.1 Å². The van der Waals surface area contributed by atoms with E-state index >= 15 is 0 Å². The number of nitrogens with zero attached hydrogens (tertiary/aromatic N) is 2. The summed E-state index contributed by atoms with van der Waals surface area (Å²) < 4.78 is 6.48. The van der Waals surface area contributed by atoms with Crippen molar-refractivity contribution in [3.63, 3.8) is 0 Å². The smallest absolute Gasteiger partial charge is 0.372 e. The molecule has 0 aliphatic heterocycles. The Morgan fingerprint density at radius 1 is 1.59 bits per heavy atom. The van der Waals surface area contributed by atoms with Gasteiger partial charge in [-0.3, -0.25) is 4.57 Å². The van der Waals surface area contributed by atoms with Crippen LogP contribution in [0.1, 0.15) is 21.9 Å². The molecular weight excluding hydrogens is 224 g/mol. The summed E-state index contributed by atoms with van der Waals surface area (Å²) in [5, 5.41) is 8.83. The van der Waals surface area contributed by atoms with Crippen molar-refractivity contribution in [1.82, 2.24) is 9.55 Å². The van der Waals surface area contributed by atoms with Crippen LogP contribution in [0.2, 0.25) is 0 Å². The number of hydrogen-bond acceptors (Lipinski definition) is 4. The Kier molecular flexibility index (Phi) is 2.78. The molecule has 0 amide bonds. The molecule has 17 heavy (non-hydrogen) atoms. The Hall–Kier alpha value is -2.37. The largest absolute Gasteiger partial charge is 0.475 e. The van der Waals surface area contributed by atoms with Crippen LogP contribution in [0.5, 0.6) is 0 Å². The first kappa shape index (κ1) is 11.1. The van der Waals surface area contributed by atoms with Gasteiger partial charge in [-0.2, -0.15) is 0 Å². The van der Waals surface area contributed by atoms with E-state index < -0.39 is 11.7 Å². The molecule has 0 unspecified atom stereocenters. The number of aromatic carboxylic acids is 1. The number of carboxylic acids is 1. The van der Waals surface area contributed by atoms with E-state index in [4.69, 9.17) is 9.52 Å². The van der Waals surface area contributed by atoms with Crippen molar-refractivity contribution in [2.24, 2.45) is 0 Å². The van der Waals surface area contributed by atoms with Crippen molar-refractivity contribution in [3.8, 4) is 0 Å². The van der Waals surface area contributed by atoms with Crippen LogP contribution in [0, 0.1) is 6.92 Å². The first-order chi connectivity index (χ1) is 8.08. The van der Waals surface area contributed by atoms with Gasteiger partial charge in [0.25, 0.3) is 0 Å². The number of carbonyl (C=O) groups is 1. The Bertz CT molecular complexity index is 612. The average molecular weight is 234 g/mol. The highest BCUT2D eigenvalue weighted by molar-refractivity contribution is 5.86. The predicted molar refractivity (Wildman–Crippen MR) is 58.0 cm³/mol. The molecule has 0 spiro atoms. The fraction of sp³-hybridized carbons (Fsp3) is 0.182. The summed E-state index contributed by atoms with van der Waals surface area (Å²) in [4.78, 5) is 25.7. The Morgan fingerprint density at radius 3 is 2.94 bits per heavy atom. The molecule has 6 heteroatoms. The van der Waals surface area contributed by atoms with Crippen LogP contribution >= 0.6 is 0 Å². The van der Waals surface area contributed by atoms with Crippen molar-refractivity contribution in [2.75, 3.05) is 0 Å². The van der Waals surface area contributed by atoms with Gasteiger partial charge in [0.2, 0.25) is 5.76 Å². The number of aryl methyl sites for hydroxylation is 1. The highest BCUT2D eigenvalue weighted by atomic mass is 16.4. The van der Waals surface area contributed by atoms with Crippen molar-refractivity contribution in [2.45, 2.75) is 13.5 Å². The summed E-state index contributed by atoms with van der Waals surface area (Å²) in [6.07, 6.45) is 2.96. The van der Waals surface area contributed by atoms with E-state index in [9.17, 15) is 9.59 Å². The lowest BCUT2D eigenvalue weighted by Gasteiger charge is -2.00. The first-order valence-corrected chi connectivity index (χ1v) is 4.92. The Balaban J connectivity index is 2.32. The van der Waals surface area contributed by atoms with Crippen LogP contribution < -0.4 is 5.69 Å². The van der Waals surface area contributed by atoms with Crippen LogP contribution in [0.25, 0.3) is 0 Å². The molecule has 0 bridgehead atoms. The third-order valence-electron chi connectivity index (χ3n) is 2.27. The van der Waals surface area contributed by atoms with Gasteiger partial charge in [-0.05, 0) is 19.1 Å². The van der Waals surface area contributed by atoms with Crippen LogP contribution in [-0.2, 0) is 6.54 Å². The molecule has 2 heterocycles. The summed E-state index contributed by atoms with van der Waals surface area (Å²) in [5.41, 5.74) is 0.128. The minimum absolute atomic E-state index is 0.100. The number of furan rings is 1. The maximum absolute atomic E-state index is 11.3. The summed E-state index contributed by atoms with van der Waals surface area (Å²) >= 11 is 0. The second-order valence-electron chi connectivity index (χ2n) is 3.56. The van der Waals surface area contributed by atoms with E-state index in [2.05, 4.69) is 4.98 Å². The zero-order chi connectivity index (χ0) is 12.4. The topological polar surface area (TPSA) is 85.3 Å². The molecule has 2 aromatic rings. The van der Waals surface area contributed by atoms with Crippen molar-refractivity contribution < 1.29 is 14.3 Å². The fourth-order valence-corrected chi connectivity index (χ4v) is 1.51. The van der Waals surface area contributed by atoms with E-state index in [0.29, 0.717) is 11.3 Å². The molecule has 0 fully saturated rings. The van der Waals surface area contributed by atoms with Gasteiger partial charge in [-0.15, -0.1) is 0 Å². The number of hydrogen-bond donors (Lipinski definition) is 1. The van der Waals surface area contributed by atoms with E-state index in [-0.39, 0.29) is 12.3 Å². The SMILES string of the molecule is Cc1cc(Cn2cccnc2=O)oc1C(=O)O. The molecule has 0 saturated carbocycles. The second kappa shape index (κ2) is 4.25. The molecule has 0 aliphatic rings. The minimum Gasteiger partial charge on any atom is -0.475 e. The van der Waals surface area contributed by atoms with Gasteiger partial charge >= 0.3 is 11.7 Å². The Labute approximate surface area is 96.1 Å². The van der Waals surface area contributed by atoms with Gasteiger partial charge in [0.05, 0.1) is 6.54 Å². The van der Waals surface area contributed by atoms with Gasteiger partial charge in [0, 0.05) is 18.0 Å².